The molecule has 0 atom stereocenters. The molecule has 2 aromatic rings. The number of aromatic nitrogens is 2. The van der Waals surface area contributed by atoms with Gasteiger partial charge < -0.3 is 5.73 Å². The molecule has 0 saturated heterocycles. The molecule has 1 heterocycles. The highest BCUT2D eigenvalue weighted by molar-refractivity contribution is 6.31. The van der Waals surface area contributed by atoms with Crippen LogP contribution in [0.25, 0.3) is 0 Å². The second kappa shape index (κ2) is 6.44. The average Bonchev–Trinajstić information content (AvgIpc) is 2.74. The first-order valence-electron chi connectivity index (χ1n) is 6.66. The molecular weight excluding hydrogens is 272 g/mol. The predicted octanol–water partition coefficient (Wildman–Crippen LogP) is 3.38. The van der Waals surface area contributed by atoms with E-state index in [0.29, 0.717) is 28.5 Å². The molecule has 0 fully saturated rings. The molecule has 0 spiro atoms. The summed E-state index contributed by atoms with van der Waals surface area (Å²) in [5.41, 5.74) is 8.09. The smallest absolute Gasteiger partial charge is 0.140 e. The van der Waals surface area contributed by atoms with Crippen LogP contribution in [-0.2, 0) is 13.0 Å². The predicted molar refractivity (Wildman–Crippen MR) is 80.5 cm³/mol. The van der Waals surface area contributed by atoms with Gasteiger partial charge in [-0.25, -0.2) is 4.68 Å². The van der Waals surface area contributed by atoms with Crippen molar-refractivity contribution in [2.24, 2.45) is 0 Å². The van der Waals surface area contributed by atoms with Crippen LogP contribution in [0.3, 0.4) is 0 Å². The van der Waals surface area contributed by atoms with Gasteiger partial charge in [-0.15, -0.1) is 0 Å². The van der Waals surface area contributed by atoms with Gasteiger partial charge >= 0.3 is 0 Å². The van der Waals surface area contributed by atoms with Crippen molar-refractivity contribution >= 4 is 17.4 Å². The van der Waals surface area contributed by atoms with Crippen molar-refractivity contribution in [2.75, 3.05) is 5.73 Å². The lowest BCUT2D eigenvalue weighted by atomic mass is 10.1. The Labute approximate surface area is 123 Å². The van der Waals surface area contributed by atoms with Crippen LogP contribution in [0, 0.1) is 11.3 Å². The van der Waals surface area contributed by atoms with Crippen LogP contribution < -0.4 is 5.73 Å². The van der Waals surface area contributed by atoms with Gasteiger partial charge in [-0.3, -0.25) is 0 Å². The minimum atomic E-state index is 0.447. The zero-order chi connectivity index (χ0) is 14.5. The molecule has 0 unspecified atom stereocenters. The second-order valence-electron chi connectivity index (χ2n) is 4.66. The Bertz CT molecular complexity index is 640. The van der Waals surface area contributed by atoms with Gasteiger partial charge in [-0.1, -0.05) is 43.1 Å². The number of anilines is 1. The molecule has 0 aliphatic heterocycles. The average molecular weight is 289 g/mol. The van der Waals surface area contributed by atoms with Crippen LogP contribution in [0.2, 0.25) is 5.02 Å². The molecule has 20 heavy (non-hydrogen) atoms. The third-order valence-corrected chi connectivity index (χ3v) is 3.58. The molecule has 2 N–H and O–H groups in total. The summed E-state index contributed by atoms with van der Waals surface area (Å²) in [7, 11) is 0. The number of nitrogen functional groups attached to an aromatic ring is 1. The van der Waals surface area contributed by atoms with E-state index in [1.54, 1.807) is 4.68 Å². The van der Waals surface area contributed by atoms with Gasteiger partial charge in [0.25, 0.3) is 0 Å². The number of nitrogens with two attached hydrogens (primary N) is 1. The van der Waals surface area contributed by atoms with E-state index in [1.807, 2.05) is 24.3 Å². The highest BCUT2D eigenvalue weighted by Gasteiger charge is 2.16. The Kier molecular flexibility index (Phi) is 4.65. The minimum Gasteiger partial charge on any atom is -0.383 e. The molecule has 1 aromatic heterocycles. The van der Waals surface area contributed by atoms with Gasteiger partial charge in [0, 0.05) is 18.0 Å². The molecule has 0 amide bonds. The zero-order valence-corrected chi connectivity index (χ0v) is 12.2. The van der Waals surface area contributed by atoms with Crippen molar-refractivity contribution in [3.63, 3.8) is 0 Å². The van der Waals surface area contributed by atoms with Crippen molar-refractivity contribution in [1.29, 1.82) is 5.26 Å². The van der Waals surface area contributed by atoms with Crippen molar-refractivity contribution in [1.82, 2.24) is 9.78 Å². The first-order valence-corrected chi connectivity index (χ1v) is 7.03. The maximum atomic E-state index is 9.27. The number of unbranched alkanes of at least 4 members (excludes halogenated alkanes) is 1. The number of benzene rings is 1. The number of aryl methyl sites for hydroxylation is 1. The summed E-state index contributed by atoms with van der Waals surface area (Å²) >= 11 is 6.15. The number of nitrogens with zero attached hydrogens (tertiary/aromatic N) is 3. The zero-order valence-electron chi connectivity index (χ0n) is 11.4. The van der Waals surface area contributed by atoms with E-state index in [2.05, 4.69) is 18.1 Å². The SMILES string of the molecule is CCCCn1nc(Cc2ccccc2Cl)c(C#N)c1N. The Morgan fingerprint density at radius 1 is 1.40 bits per heavy atom. The van der Waals surface area contributed by atoms with Crippen molar-refractivity contribution in [3.8, 4) is 6.07 Å². The van der Waals surface area contributed by atoms with E-state index >= 15 is 0 Å². The van der Waals surface area contributed by atoms with E-state index in [4.69, 9.17) is 17.3 Å². The fourth-order valence-corrected chi connectivity index (χ4v) is 2.28. The molecule has 5 heteroatoms. The third kappa shape index (κ3) is 2.94. The number of halogens is 1. The molecular formula is C15H17ClN4. The highest BCUT2D eigenvalue weighted by Crippen LogP contribution is 2.23. The van der Waals surface area contributed by atoms with Crippen molar-refractivity contribution < 1.29 is 0 Å². The van der Waals surface area contributed by atoms with Crippen LogP contribution >= 0.6 is 11.6 Å². The van der Waals surface area contributed by atoms with Gasteiger partial charge in [0.1, 0.15) is 17.5 Å². The Morgan fingerprint density at radius 2 is 2.15 bits per heavy atom. The second-order valence-corrected chi connectivity index (χ2v) is 5.07. The van der Waals surface area contributed by atoms with E-state index < -0.39 is 0 Å². The summed E-state index contributed by atoms with van der Waals surface area (Å²) in [5, 5.41) is 14.4. The summed E-state index contributed by atoms with van der Waals surface area (Å²) in [6.07, 6.45) is 2.56. The normalized spacial score (nSPS) is 10.4. The number of nitriles is 1. The number of hydrogen-bond acceptors (Lipinski definition) is 3. The van der Waals surface area contributed by atoms with Crippen LogP contribution in [0.4, 0.5) is 5.82 Å². The lowest BCUT2D eigenvalue weighted by molar-refractivity contribution is 0.573. The molecule has 1 aromatic carbocycles. The maximum absolute atomic E-state index is 9.27. The van der Waals surface area contributed by atoms with Gasteiger partial charge in [-0.2, -0.15) is 10.4 Å². The van der Waals surface area contributed by atoms with Crippen LogP contribution in [0.15, 0.2) is 24.3 Å². The summed E-state index contributed by atoms with van der Waals surface area (Å²) in [6, 6.07) is 9.72. The minimum absolute atomic E-state index is 0.447. The quantitative estimate of drug-likeness (QED) is 0.917. The Hall–Kier alpha value is -1.99. The van der Waals surface area contributed by atoms with E-state index in [-0.39, 0.29) is 0 Å². The van der Waals surface area contributed by atoms with E-state index in [1.165, 1.54) is 0 Å². The molecule has 2 rings (SSSR count). The topological polar surface area (TPSA) is 67.6 Å². The fourth-order valence-electron chi connectivity index (χ4n) is 2.07. The number of hydrogen-bond donors (Lipinski definition) is 1. The lowest BCUT2D eigenvalue weighted by Gasteiger charge is -2.02. The lowest BCUT2D eigenvalue weighted by Crippen LogP contribution is -2.05. The molecule has 0 radical (unpaired) electrons. The van der Waals surface area contributed by atoms with Gasteiger partial charge in [0.15, 0.2) is 0 Å². The first-order chi connectivity index (χ1) is 9.67. The van der Waals surface area contributed by atoms with Gasteiger partial charge in [-0.05, 0) is 18.1 Å². The standard InChI is InChI=1S/C15H17ClN4/c1-2-3-8-20-15(18)12(10-17)14(19-20)9-11-6-4-5-7-13(11)16/h4-7H,2-3,8-9,18H2,1H3. The molecule has 0 saturated carbocycles. The summed E-state index contributed by atoms with van der Waals surface area (Å²) in [6.45, 7) is 2.84. The summed E-state index contributed by atoms with van der Waals surface area (Å²) in [4.78, 5) is 0. The van der Waals surface area contributed by atoms with Gasteiger partial charge in [0.2, 0.25) is 0 Å². The largest absolute Gasteiger partial charge is 0.383 e. The molecule has 0 aliphatic rings. The Morgan fingerprint density at radius 3 is 2.80 bits per heavy atom. The van der Waals surface area contributed by atoms with Crippen molar-refractivity contribution in [2.45, 2.75) is 32.7 Å². The van der Waals surface area contributed by atoms with Crippen LogP contribution in [0.1, 0.15) is 36.6 Å². The molecule has 0 aliphatic carbocycles. The first kappa shape index (κ1) is 14.4. The molecule has 0 bridgehead atoms. The van der Waals surface area contributed by atoms with Crippen LogP contribution in [-0.4, -0.2) is 9.78 Å². The highest BCUT2D eigenvalue weighted by atomic mass is 35.5. The van der Waals surface area contributed by atoms with Crippen molar-refractivity contribution in [3.05, 3.63) is 46.1 Å². The Balaban J connectivity index is 2.32. The summed E-state index contributed by atoms with van der Waals surface area (Å²) in [5.74, 6) is 0.447. The summed E-state index contributed by atoms with van der Waals surface area (Å²) < 4.78 is 1.72. The third-order valence-electron chi connectivity index (χ3n) is 3.22. The van der Waals surface area contributed by atoms with E-state index in [0.717, 1.165) is 24.9 Å². The van der Waals surface area contributed by atoms with Crippen LogP contribution in [0.5, 0.6) is 0 Å². The maximum Gasteiger partial charge on any atom is 0.140 e. The number of rotatable bonds is 5. The molecule has 4 nitrogen and oxygen atoms in total. The fraction of sp³-hybridized carbons (Fsp3) is 0.333. The monoisotopic (exact) mass is 288 g/mol. The van der Waals surface area contributed by atoms with E-state index in [9.17, 15) is 5.26 Å². The molecule has 104 valence electrons. The van der Waals surface area contributed by atoms with Gasteiger partial charge in [0.05, 0.1) is 5.69 Å².